The predicted molar refractivity (Wildman–Crippen MR) is 130 cm³/mol. The van der Waals surface area contributed by atoms with Gasteiger partial charge in [0.05, 0.1) is 5.69 Å². The molecule has 5 aromatic rings. The van der Waals surface area contributed by atoms with Gasteiger partial charge >= 0.3 is 0 Å². The van der Waals surface area contributed by atoms with E-state index in [1.54, 1.807) is 0 Å². The molecule has 2 aromatic heterocycles. The zero-order valence-corrected chi connectivity index (χ0v) is 18.4. The number of aromatic nitrogens is 4. The lowest BCUT2D eigenvalue weighted by Crippen LogP contribution is -2.05. The van der Waals surface area contributed by atoms with E-state index in [9.17, 15) is 0 Å². The smallest absolute Gasteiger partial charge is 0.229 e. The zero-order valence-electron chi connectivity index (χ0n) is 18.4. The van der Waals surface area contributed by atoms with E-state index >= 15 is 0 Å². The number of hydrogen-bond donors (Lipinski definition) is 1. The number of ether oxygens (including phenoxy) is 1. The fraction of sp³-hybridized carbons (Fsp3) is 0.0741. The van der Waals surface area contributed by atoms with Crippen molar-refractivity contribution in [3.05, 3.63) is 109 Å². The lowest BCUT2D eigenvalue weighted by Gasteiger charge is -2.11. The Morgan fingerprint density at radius 2 is 1.30 bits per heavy atom. The van der Waals surface area contributed by atoms with Gasteiger partial charge in [0.15, 0.2) is 0 Å². The second kappa shape index (κ2) is 8.96. The number of imidazole rings is 1. The van der Waals surface area contributed by atoms with Gasteiger partial charge in [0.2, 0.25) is 11.9 Å². The highest BCUT2D eigenvalue weighted by molar-refractivity contribution is 5.64. The molecule has 1 N–H and O–H groups in total. The molecule has 33 heavy (non-hydrogen) atoms. The highest BCUT2D eigenvalue weighted by Crippen LogP contribution is 2.28. The van der Waals surface area contributed by atoms with E-state index in [1.165, 1.54) is 0 Å². The van der Waals surface area contributed by atoms with Crippen molar-refractivity contribution < 1.29 is 4.74 Å². The number of aryl methyl sites for hydroxylation is 2. The van der Waals surface area contributed by atoms with Crippen LogP contribution in [0.5, 0.6) is 11.5 Å². The molecule has 0 aliphatic heterocycles. The molecule has 0 bridgehead atoms. The van der Waals surface area contributed by atoms with Crippen LogP contribution in [0.3, 0.4) is 0 Å². The minimum atomic E-state index is 0.517. The number of nitrogens with one attached hydrogen (secondary N) is 1. The van der Waals surface area contributed by atoms with E-state index in [0.717, 1.165) is 39.8 Å². The molecule has 0 unspecified atom stereocenters. The Bertz CT molecular complexity index is 1340. The molecule has 0 aliphatic rings. The molecular formula is C27H23N5O. The number of rotatable bonds is 6. The van der Waals surface area contributed by atoms with E-state index in [0.29, 0.717) is 11.9 Å². The first-order valence-electron chi connectivity index (χ1n) is 10.7. The van der Waals surface area contributed by atoms with E-state index in [1.807, 2.05) is 116 Å². The molecule has 0 radical (unpaired) electrons. The van der Waals surface area contributed by atoms with Crippen LogP contribution in [0.15, 0.2) is 97.2 Å². The lowest BCUT2D eigenvalue weighted by atomic mass is 10.2. The molecular weight excluding hydrogens is 410 g/mol. The molecule has 0 atom stereocenters. The molecule has 0 fully saturated rings. The molecule has 0 amide bonds. The third-order valence-corrected chi connectivity index (χ3v) is 5.08. The van der Waals surface area contributed by atoms with E-state index in [-0.39, 0.29) is 0 Å². The molecule has 0 saturated heterocycles. The molecule has 3 aromatic carbocycles. The minimum absolute atomic E-state index is 0.517. The van der Waals surface area contributed by atoms with Crippen LogP contribution in [0, 0.1) is 13.8 Å². The van der Waals surface area contributed by atoms with Crippen molar-refractivity contribution in [2.75, 3.05) is 5.32 Å². The second-order valence-electron chi connectivity index (χ2n) is 7.69. The fourth-order valence-electron chi connectivity index (χ4n) is 3.59. The van der Waals surface area contributed by atoms with Gasteiger partial charge < -0.3 is 4.74 Å². The van der Waals surface area contributed by atoms with E-state index in [2.05, 4.69) is 15.3 Å². The first-order valence-corrected chi connectivity index (χ1v) is 10.7. The van der Waals surface area contributed by atoms with Gasteiger partial charge in [-0.3, -0.25) is 9.88 Å². The number of anilines is 2. The quantitative estimate of drug-likeness (QED) is 0.332. The Kier molecular flexibility index (Phi) is 5.55. The van der Waals surface area contributed by atoms with Crippen LogP contribution in [0.2, 0.25) is 0 Å². The van der Waals surface area contributed by atoms with Gasteiger partial charge in [0.25, 0.3) is 0 Å². The lowest BCUT2D eigenvalue weighted by molar-refractivity contribution is 0.482. The highest BCUT2D eigenvalue weighted by atomic mass is 16.5. The van der Waals surface area contributed by atoms with Crippen LogP contribution >= 0.6 is 0 Å². The van der Waals surface area contributed by atoms with Gasteiger partial charge in [-0.25, -0.2) is 15.0 Å². The van der Waals surface area contributed by atoms with Gasteiger partial charge in [-0.05, 0) is 56.3 Å². The molecule has 0 saturated carbocycles. The van der Waals surface area contributed by atoms with E-state index < -0.39 is 0 Å². The normalized spacial score (nSPS) is 10.7. The Balaban J connectivity index is 1.50. The number of hydrogen-bond acceptors (Lipinski definition) is 5. The molecule has 6 nitrogen and oxygen atoms in total. The molecule has 162 valence electrons. The van der Waals surface area contributed by atoms with Crippen molar-refractivity contribution in [3.8, 4) is 28.4 Å². The topological polar surface area (TPSA) is 64.9 Å². The third kappa shape index (κ3) is 4.75. The van der Waals surface area contributed by atoms with Crippen molar-refractivity contribution in [3.63, 3.8) is 0 Å². The number of benzene rings is 3. The summed E-state index contributed by atoms with van der Waals surface area (Å²) in [4.78, 5) is 13.9. The van der Waals surface area contributed by atoms with Crippen molar-refractivity contribution in [2.24, 2.45) is 0 Å². The van der Waals surface area contributed by atoms with Gasteiger partial charge in [0.1, 0.15) is 11.5 Å². The van der Waals surface area contributed by atoms with Gasteiger partial charge in [-0.1, -0.05) is 48.5 Å². The van der Waals surface area contributed by atoms with Crippen LogP contribution in [0.4, 0.5) is 11.9 Å². The largest absolute Gasteiger partial charge is 0.457 e. The standard InChI is InChI=1S/C27H23N5O/c1-19-17-20(2)29-26(28-19)31-27-30-25(21-9-5-3-6-10-21)18-32(27)22-13-15-24(16-14-22)33-23-11-7-4-8-12-23/h3-18H,1-2H3,(H,28,29,30,31). The Hall–Kier alpha value is -4.45. The molecule has 2 heterocycles. The molecule has 0 aliphatic carbocycles. The van der Waals surface area contributed by atoms with Crippen LogP contribution in [0.25, 0.3) is 16.9 Å². The summed E-state index contributed by atoms with van der Waals surface area (Å²) in [5.74, 6) is 2.72. The van der Waals surface area contributed by atoms with Crippen LogP contribution in [0.1, 0.15) is 11.4 Å². The predicted octanol–water partition coefficient (Wildman–Crippen LogP) is 6.48. The number of para-hydroxylation sites is 1. The Labute approximate surface area is 192 Å². The second-order valence-corrected chi connectivity index (χ2v) is 7.69. The maximum absolute atomic E-state index is 5.94. The minimum Gasteiger partial charge on any atom is -0.457 e. The van der Waals surface area contributed by atoms with Crippen molar-refractivity contribution in [2.45, 2.75) is 13.8 Å². The summed E-state index contributed by atoms with van der Waals surface area (Å²) >= 11 is 0. The Morgan fingerprint density at radius 3 is 1.97 bits per heavy atom. The summed E-state index contributed by atoms with van der Waals surface area (Å²) in [6.07, 6.45) is 2.01. The Morgan fingerprint density at radius 1 is 0.697 bits per heavy atom. The average Bonchev–Trinajstić information content (AvgIpc) is 3.24. The van der Waals surface area contributed by atoms with Crippen molar-refractivity contribution >= 4 is 11.9 Å². The third-order valence-electron chi connectivity index (χ3n) is 5.08. The van der Waals surface area contributed by atoms with Crippen LogP contribution in [-0.4, -0.2) is 19.5 Å². The summed E-state index contributed by atoms with van der Waals surface area (Å²) < 4.78 is 7.93. The summed E-state index contributed by atoms with van der Waals surface area (Å²) in [7, 11) is 0. The van der Waals surface area contributed by atoms with Gasteiger partial charge in [-0.2, -0.15) is 0 Å². The summed E-state index contributed by atoms with van der Waals surface area (Å²) in [5, 5.41) is 3.30. The van der Waals surface area contributed by atoms with Crippen LogP contribution < -0.4 is 10.1 Å². The molecule has 5 rings (SSSR count). The van der Waals surface area contributed by atoms with Gasteiger partial charge in [0, 0.05) is 28.8 Å². The summed E-state index contributed by atoms with van der Waals surface area (Å²) in [5.41, 5.74) is 4.62. The summed E-state index contributed by atoms with van der Waals surface area (Å²) in [6.45, 7) is 3.90. The van der Waals surface area contributed by atoms with Crippen LogP contribution in [-0.2, 0) is 0 Å². The zero-order chi connectivity index (χ0) is 22.6. The summed E-state index contributed by atoms with van der Waals surface area (Å²) in [6, 6.07) is 29.7. The molecule has 6 heteroatoms. The maximum Gasteiger partial charge on any atom is 0.229 e. The van der Waals surface area contributed by atoms with Gasteiger partial charge in [-0.15, -0.1) is 0 Å². The SMILES string of the molecule is Cc1cc(C)nc(Nc2nc(-c3ccccc3)cn2-c2ccc(Oc3ccccc3)cc2)n1. The highest BCUT2D eigenvalue weighted by Gasteiger charge is 2.13. The maximum atomic E-state index is 5.94. The first kappa shape index (κ1) is 20.5. The van der Waals surface area contributed by atoms with E-state index in [4.69, 9.17) is 9.72 Å². The van der Waals surface area contributed by atoms with Crippen molar-refractivity contribution in [1.29, 1.82) is 0 Å². The monoisotopic (exact) mass is 433 g/mol. The van der Waals surface area contributed by atoms with Crippen molar-refractivity contribution in [1.82, 2.24) is 19.5 Å². The molecule has 0 spiro atoms. The fourth-order valence-corrected chi connectivity index (χ4v) is 3.59. The first-order chi connectivity index (χ1) is 16.1. The average molecular weight is 434 g/mol. The number of nitrogens with zero attached hydrogens (tertiary/aromatic N) is 4.